The van der Waals surface area contributed by atoms with Crippen LogP contribution >= 0.6 is 0 Å². The van der Waals surface area contributed by atoms with E-state index < -0.39 is 0 Å². The van der Waals surface area contributed by atoms with Crippen molar-refractivity contribution in [3.8, 4) is 33.9 Å². The van der Waals surface area contributed by atoms with E-state index in [1.54, 1.807) is 0 Å². The number of benzene rings is 2. The maximum Gasteiger partial charge on any atom is 0.231 e. The summed E-state index contributed by atoms with van der Waals surface area (Å²) in [6, 6.07) is 18.1. The summed E-state index contributed by atoms with van der Waals surface area (Å²) in [6.07, 6.45) is 1.83. The zero-order chi connectivity index (χ0) is 16.8. The molecule has 2 aromatic carbocycles. The van der Waals surface area contributed by atoms with E-state index in [4.69, 9.17) is 14.6 Å². The molecule has 1 aliphatic heterocycles. The first-order valence-electron chi connectivity index (χ1n) is 8.11. The molecule has 0 amide bonds. The largest absolute Gasteiger partial charge is 0.454 e. The standard InChI is InChI=1S/C20H15N3O2/c1-13-19(15-7-8-17-18(11-15)25-12-24-17)20-21-10-9-16(23(20)22-13)14-5-3-2-4-6-14/h2-11H,12H2,1H3. The first kappa shape index (κ1) is 14.0. The summed E-state index contributed by atoms with van der Waals surface area (Å²) >= 11 is 0. The van der Waals surface area contributed by atoms with Gasteiger partial charge in [-0.25, -0.2) is 9.50 Å². The number of nitrogens with zero attached hydrogens (tertiary/aromatic N) is 3. The van der Waals surface area contributed by atoms with Crippen LogP contribution in [0.15, 0.2) is 60.8 Å². The summed E-state index contributed by atoms with van der Waals surface area (Å²) in [5, 5.41) is 4.74. The molecular formula is C20H15N3O2. The predicted octanol–water partition coefficient (Wildman–Crippen LogP) is 4.10. The highest BCUT2D eigenvalue weighted by Gasteiger charge is 2.19. The number of ether oxygens (including phenoxy) is 2. The highest BCUT2D eigenvalue weighted by molar-refractivity contribution is 5.82. The third kappa shape index (κ3) is 2.16. The monoisotopic (exact) mass is 329 g/mol. The number of aryl methyl sites for hydroxylation is 1. The minimum absolute atomic E-state index is 0.267. The van der Waals surface area contributed by atoms with Gasteiger partial charge in [-0.3, -0.25) is 0 Å². The molecule has 5 rings (SSSR count). The molecular weight excluding hydrogens is 314 g/mol. The summed E-state index contributed by atoms with van der Waals surface area (Å²) in [5.41, 5.74) is 5.91. The smallest absolute Gasteiger partial charge is 0.231 e. The Morgan fingerprint density at radius 3 is 2.64 bits per heavy atom. The van der Waals surface area contributed by atoms with E-state index in [2.05, 4.69) is 17.1 Å². The van der Waals surface area contributed by atoms with Crippen molar-refractivity contribution in [2.24, 2.45) is 0 Å². The highest BCUT2D eigenvalue weighted by atomic mass is 16.7. The molecule has 4 aromatic rings. The van der Waals surface area contributed by atoms with Gasteiger partial charge in [0.05, 0.1) is 11.4 Å². The average molecular weight is 329 g/mol. The van der Waals surface area contributed by atoms with Crippen molar-refractivity contribution in [2.45, 2.75) is 6.92 Å². The van der Waals surface area contributed by atoms with Gasteiger partial charge in [-0.1, -0.05) is 36.4 Å². The van der Waals surface area contributed by atoms with Crippen molar-refractivity contribution in [1.29, 1.82) is 0 Å². The molecule has 0 bridgehead atoms. The summed E-state index contributed by atoms with van der Waals surface area (Å²) in [6.45, 7) is 2.27. The number of rotatable bonds is 2. The van der Waals surface area contributed by atoms with Gasteiger partial charge in [-0.2, -0.15) is 5.10 Å². The summed E-state index contributed by atoms with van der Waals surface area (Å²) in [5.74, 6) is 1.53. The number of fused-ring (bicyclic) bond motifs is 2. The number of hydrogen-bond acceptors (Lipinski definition) is 4. The number of hydrogen-bond donors (Lipinski definition) is 0. The molecule has 0 fully saturated rings. The maximum absolute atomic E-state index is 5.51. The van der Waals surface area contributed by atoms with Crippen molar-refractivity contribution in [3.05, 3.63) is 66.5 Å². The molecule has 0 atom stereocenters. The Balaban J connectivity index is 1.74. The highest BCUT2D eigenvalue weighted by Crippen LogP contribution is 2.38. The van der Waals surface area contributed by atoms with Crippen LogP contribution in [-0.4, -0.2) is 21.4 Å². The Bertz CT molecular complexity index is 1090. The first-order chi connectivity index (χ1) is 12.3. The summed E-state index contributed by atoms with van der Waals surface area (Å²) < 4.78 is 12.8. The Kier molecular flexibility index (Phi) is 3.00. The fourth-order valence-electron chi connectivity index (χ4n) is 3.27. The van der Waals surface area contributed by atoms with Gasteiger partial charge in [0.2, 0.25) is 6.79 Å². The van der Waals surface area contributed by atoms with Crippen molar-refractivity contribution < 1.29 is 9.47 Å². The third-order valence-electron chi connectivity index (χ3n) is 4.42. The fraction of sp³-hybridized carbons (Fsp3) is 0.100. The van der Waals surface area contributed by atoms with Crippen molar-refractivity contribution in [1.82, 2.24) is 14.6 Å². The molecule has 122 valence electrons. The van der Waals surface area contributed by atoms with Gasteiger partial charge in [0.25, 0.3) is 0 Å². The van der Waals surface area contributed by atoms with Crippen LogP contribution in [0.25, 0.3) is 28.0 Å². The molecule has 0 unspecified atom stereocenters. The van der Waals surface area contributed by atoms with Crippen LogP contribution in [0.2, 0.25) is 0 Å². The van der Waals surface area contributed by atoms with E-state index in [0.29, 0.717) is 0 Å². The SMILES string of the molecule is Cc1nn2c(-c3ccccc3)ccnc2c1-c1ccc2c(c1)OCO2. The topological polar surface area (TPSA) is 48.7 Å². The molecule has 0 N–H and O–H groups in total. The second kappa shape index (κ2) is 5.34. The molecule has 5 nitrogen and oxygen atoms in total. The predicted molar refractivity (Wildman–Crippen MR) is 94.7 cm³/mol. The van der Waals surface area contributed by atoms with Crippen molar-refractivity contribution in [3.63, 3.8) is 0 Å². The van der Waals surface area contributed by atoms with Gasteiger partial charge in [0, 0.05) is 17.3 Å². The minimum Gasteiger partial charge on any atom is -0.454 e. The van der Waals surface area contributed by atoms with E-state index in [0.717, 1.165) is 45.2 Å². The van der Waals surface area contributed by atoms with E-state index in [-0.39, 0.29) is 6.79 Å². The summed E-state index contributed by atoms with van der Waals surface area (Å²) in [4.78, 5) is 4.59. The Hall–Kier alpha value is -3.34. The van der Waals surface area contributed by atoms with E-state index in [9.17, 15) is 0 Å². The first-order valence-corrected chi connectivity index (χ1v) is 8.11. The van der Waals surface area contributed by atoms with Crippen molar-refractivity contribution in [2.75, 3.05) is 6.79 Å². The molecule has 0 radical (unpaired) electrons. The molecule has 5 heteroatoms. The van der Waals surface area contributed by atoms with E-state index in [1.807, 2.05) is 60.1 Å². The molecule has 25 heavy (non-hydrogen) atoms. The quantitative estimate of drug-likeness (QED) is 0.555. The third-order valence-corrected chi connectivity index (χ3v) is 4.42. The van der Waals surface area contributed by atoms with Crippen LogP contribution in [0.5, 0.6) is 11.5 Å². The maximum atomic E-state index is 5.51. The molecule has 0 saturated carbocycles. The lowest BCUT2D eigenvalue weighted by molar-refractivity contribution is 0.174. The molecule has 1 aliphatic rings. The van der Waals surface area contributed by atoms with Crippen LogP contribution in [-0.2, 0) is 0 Å². The van der Waals surface area contributed by atoms with Gasteiger partial charge < -0.3 is 9.47 Å². The van der Waals surface area contributed by atoms with Crippen molar-refractivity contribution >= 4 is 5.65 Å². The molecule has 2 aromatic heterocycles. The van der Waals surface area contributed by atoms with Crippen LogP contribution in [0, 0.1) is 6.92 Å². The molecule has 0 saturated heterocycles. The second-order valence-electron chi connectivity index (χ2n) is 5.96. The lowest BCUT2D eigenvalue weighted by atomic mass is 10.1. The Morgan fingerprint density at radius 1 is 0.920 bits per heavy atom. The van der Waals surface area contributed by atoms with Crippen LogP contribution < -0.4 is 9.47 Å². The van der Waals surface area contributed by atoms with E-state index >= 15 is 0 Å². The molecule has 3 heterocycles. The van der Waals surface area contributed by atoms with Gasteiger partial charge in [0.1, 0.15) is 0 Å². The zero-order valence-electron chi connectivity index (χ0n) is 13.6. The fourth-order valence-corrected chi connectivity index (χ4v) is 3.27. The lowest BCUT2D eigenvalue weighted by Crippen LogP contribution is -1.95. The van der Waals surface area contributed by atoms with Crippen LogP contribution in [0.1, 0.15) is 5.69 Å². The Morgan fingerprint density at radius 2 is 1.76 bits per heavy atom. The van der Waals surface area contributed by atoms with Crippen LogP contribution in [0.3, 0.4) is 0 Å². The van der Waals surface area contributed by atoms with Gasteiger partial charge >= 0.3 is 0 Å². The normalized spacial score (nSPS) is 12.7. The number of aromatic nitrogens is 3. The Labute approximate surface area is 144 Å². The van der Waals surface area contributed by atoms with Gasteiger partial charge in [0.15, 0.2) is 17.1 Å². The molecule has 0 spiro atoms. The zero-order valence-corrected chi connectivity index (χ0v) is 13.6. The van der Waals surface area contributed by atoms with Gasteiger partial charge in [-0.05, 0) is 30.7 Å². The molecule has 0 aliphatic carbocycles. The van der Waals surface area contributed by atoms with E-state index in [1.165, 1.54) is 0 Å². The average Bonchev–Trinajstić information content (AvgIpc) is 3.24. The van der Waals surface area contributed by atoms with Gasteiger partial charge in [-0.15, -0.1) is 0 Å². The summed E-state index contributed by atoms with van der Waals surface area (Å²) in [7, 11) is 0. The second-order valence-corrected chi connectivity index (χ2v) is 5.96. The van der Waals surface area contributed by atoms with Crippen LogP contribution in [0.4, 0.5) is 0 Å². The lowest BCUT2D eigenvalue weighted by Gasteiger charge is -2.05. The minimum atomic E-state index is 0.267.